The van der Waals surface area contributed by atoms with E-state index in [4.69, 9.17) is 15.0 Å². The number of thiazole rings is 1. The van der Waals surface area contributed by atoms with Crippen LogP contribution in [0.5, 0.6) is 0 Å². The molecule has 0 spiro atoms. The third kappa shape index (κ3) is 2.36. The van der Waals surface area contributed by atoms with Crippen molar-refractivity contribution in [2.75, 3.05) is 0 Å². The molecule has 4 aromatic rings. The Balaban J connectivity index is 1.67. The highest BCUT2D eigenvalue weighted by atomic mass is 32.2. The molecule has 6 heteroatoms. The van der Waals surface area contributed by atoms with Gasteiger partial charge in [0, 0.05) is 16.7 Å². The first-order valence-electron chi connectivity index (χ1n) is 8.16. The molecule has 1 aliphatic rings. The van der Waals surface area contributed by atoms with Crippen LogP contribution in [0.4, 0.5) is 0 Å². The summed E-state index contributed by atoms with van der Waals surface area (Å²) in [7, 11) is 0. The normalized spacial score (nSPS) is 13.9. The van der Waals surface area contributed by atoms with Crippen LogP contribution < -0.4 is 0 Å². The molecule has 5 rings (SSSR count). The molecule has 0 aliphatic heterocycles. The van der Waals surface area contributed by atoms with Gasteiger partial charge < -0.3 is 0 Å². The number of nitrogens with zero attached hydrogens (tertiary/aromatic N) is 3. The third-order valence-electron chi connectivity index (χ3n) is 4.35. The summed E-state index contributed by atoms with van der Waals surface area (Å²) < 4.78 is 2.30. The Morgan fingerprint density at radius 3 is 2.88 bits per heavy atom. The van der Waals surface area contributed by atoms with Gasteiger partial charge in [-0.25, -0.2) is 15.0 Å². The second-order valence-corrected chi connectivity index (χ2v) is 9.24. The summed E-state index contributed by atoms with van der Waals surface area (Å²) in [6.07, 6.45) is 4.49. The van der Waals surface area contributed by atoms with Crippen molar-refractivity contribution >= 4 is 54.9 Å². The second kappa shape index (κ2) is 5.79. The zero-order valence-corrected chi connectivity index (χ0v) is 15.7. The van der Waals surface area contributed by atoms with Gasteiger partial charge in [0.1, 0.15) is 15.7 Å². The van der Waals surface area contributed by atoms with Crippen molar-refractivity contribution in [1.29, 1.82) is 0 Å². The molecule has 0 amide bonds. The Morgan fingerprint density at radius 2 is 2.00 bits per heavy atom. The van der Waals surface area contributed by atoms with Crippen LogP contribution in [0.25, 0.3) is 20.4 Å². The maximum atomic E-state index is 4.86. The molecule has 1 aliphatic carbocycles. The molecule has 0 atom stereocenters. The van der Waals surface area contributed by atoms with Crippen molar-refractivity contribution in [2.45, 2.75) is 42.0 Å². The van der Waals surface area contributed by atoms with Crippen molar-refractivity contribution in [1.82, 2.24) is 15.0 Å². The predicted molar refractivity (Wildman–Crippen MR) is 103 cm³/mol. The topological polar surface area (TPSA) is 38.7 Å². The van der Waals surface area contributed by atoms with E-state index < -0.39 is 0 Å². The van der Waals surface area contributed by atoms with E-state index in [1.165, 1.54) is 33.4 Å². The minimum atomic E-state index is 0.867. The van der Waals surface area contributed by atoms with Gasteiger partial charge in [-0.05, 0) is 48.7 Å². The van der Waals surface area contributed by atoms with E-state index in [1.54, 1.807) is 23.1 Å². The summed E-state index contributed by atoms with van der Waals surface area (Å²) in [4.78, 5) is 17.1. The number of para-hydroxylation sites is 1. The molecule has 3 nitrogen and oxygen atoms in total. The molecular formula is C18H15N3S3. The van der Waals surface area contributed by atoms with Crippen molar-refractivity contribution in [3.63, 3.8) is 0 Å². The number of aryl methyl sites for hydroxylation is 3. The van der Waals surface area contributed by atoms with Crippen LogP contribution >= 0.6 is 34.4 Å². The molecule has 0 unspecified atom stereocenters. The summed E-state index contributed by atoms with van der Waals surface area (Å²) in [6.45, 7) is 2.12. The quantitative estimate of drug-likeness (QED) is 0.447. The Morgan fingerprint density at radius 1 is 1.08 bits per heavy atom. The van der Waals surface area contributed by atoms with Crippen LogP contribution in [0.15, 0.2) is 33.6 Å². The fourth-order valence-corrected chi connectivity index (χ4v) is 6.71. The number of hydrogen-bond acceptors (Lipinski definition) is 6. The van der Waals surface area contributed by atoms with Crippen molar-refractivity contribution in [3.05, 3.63) is 40.5 Å². The molecule has 0 bridgehead atoms. The van der Waals surface area contributed by atoms with Crippen LogP contribution in [-0.4, -0.2) is 15.0 Å². The Hall–Kier alpha value is -1.50. The highest BCUT2D eigenvalue weighted by molar-refractivity contribution is 8.01. The molecule has 0 radical (unpaired) electrons. The van der Waals surface area contributed by atoms with Crippen molar-refractivity contribution < 1.29 is 0 Å². The maximum Gasteiger partial charge on any atom is 0.157 e. The smallest absolute Gasteiger partial charge is 0.157 e. The maximum absolute atomic E-state index is 4.86. The lowest BCUT2D eigenvalue weighted by molar-refractivity contribution is 0.903. The van der Waals surface area contributed by atoms with Gasteiger partial charge in [0.15, 0.2) is 4.34 Å². The number of rotatable bonds is 3. The van der Waals surface area contributed by atoms with Gasteiger partial charge in [0.25, 0.3) is 0 Å². The SMILES string of the molecule is CCc1nc(Sc2nc3ccccc3s2)c2c3c(sc2n1)CCC3. The standard InChI is InChI=1S/C18H15N3S3/c1-2-14-20-16-15(10-6-5-9-12(10)22-16)17(21-14)24-18-19-11-7-3-4-8-13(11)23-18/h3-4,7-8H,2,5-6,9H2,1H3. The van der Waals surface area contributed by atoms with E-state index in [0.717, 1.165) is 38.4 Å². The van der Waals surface area contributed by atoms with Crippen molar-refractivity contribution in [3.8, 4) is 0 Å². The molecule has 3 heterocycles. The monoisotopic (exact) mass is 369 g/mol. The van der Waals surface area contributed by atoms with Crippen LogP contribution in [-0.2, 0) is 19.3 Å². The van der Waals surface area contributed by atoms with Gasteiger partial charge in [-0.1, -0.05) is 19.1 Å². The first kappa shape index (κ1) is 14.8. The minimum absolute atomic E-state index is 0.867. The zero-order valence-electron chi connectivity index (χ0n) is 13.2. The van der Waals surface area contributed by atoms with E-state index in [9.17, 15) is 0 Å². The molecule has 120 valence electrons. The number of hydrogen-bond donors (Lipinski definition) is 0. The number of thiophene rings is 1. The highest BCUT2D eigenvalue weighted by Crippen LogP contribution is 2.43. The molecule has 24 heavy (non-hydrogen) atoms. The molecule has 0 fully saturated rings. The van der Waals surface area contributed by atoms with Gasteiger partial charge in [-0.3, -0.25) is 0 Å². The van der Waals surface area contributed by atoms with Gasteiger partial charge in [0.2, 0.25) is 0 Å². The molecule has 0 N–H and O–H groups in total. The lowest BCUT2D eigenvalue weighted by Gasteiger charge is -2.04. The number of fused-ring (bicyclic) bond motifs is 4. The van der Waals surface area contributed by atoms with Crippen LogP contribution in [0, 0.1) is 0 Å². The fraction of sp³-hybridized carbons (Fsp3) is 0.278. The summed E-state index contributed by atoms with van der Waals surface area (Å²) >= 11 is 5.32. The van der Waals surface area contributed by atoms with Crippen LogP contribution in [0.3, 0.4) is 0 Å². The fourth-order valence-electron chi connectivity index (χ4n) is 3.21. The third-order valence-corrected chi connectivity index (χ3v) is 7.62. The van der Waals surface area contributed by atoms with Gasteiger partial charge in [-0.15, -0.1) is 22.7 Å². The van der Waals surface area contributed by atoms with Crippen LogP contribution in [0.2, 0.25) is 0 Å². The van der Waals surface area contributed by atoms with E-state index in [-0.39, 0.29) is 0 Å². The van der Waals surface area contributed by atoms with E-state index in [2.05, 4.69) is 25.1 Å². The predicted octanol–water partition coefficient (Wildman–Crippen LogP) is 5.50. The lowest BCUT2D eigenvalue weighted by atomic mass is 10.2. The summed E-state index contributed by atoms with van der Waals surface area (Å²) in [6, 6.07) is 8.32. The van der Waals surface area contributed by atoms with Gasteiger partial charge in [0.05, 0.1) is 10.2 Å². The first-order valence-corrected chi connectivity index (χ1v) is 10.6. The average Bonchev–Trinajstić information content (AvgIpc) is 3.26. The minimum Gasteiger partial charge on any atom is -0.229 e. The average molecular weight is 370 g/mol. The van der Waals surface area contributed by atoms with E-state index in [1.807, 2.05) is 17.4 Å². The van der Waals surface area contributed by atoms with Crippen molar-refractivity contribution in [2.24, 2.45) is 0 Å². The molecular weight excluding hydrogens is 354 g/mol. The summed E-state index contributed by atoms with van der Waals surface area (Å²) in [5, 5.41) is 2.38. The number of aromatic nitrogens is 3. The molecule has 1 aromatic carbocycles. The van der Waals surface area contributed by atoms with E-state index >= 15 is 0 Å². The van der Waals surface area contributed by atoms with Gasteiger partial charge in [-0.2, -0.15) is 0 Å². The van der Waals surface area contributed by atoms with Gasteiger partial charge >= 0.3 is 0 Å². The van der Waals surface area contributed by atoms with E-state index in [0.29, 0.717) is 0 Å². The highest BCUT2D eigenvalue weighted by Gasteiger charge is 2.23. The largest absolute Gasteiger partial charge is 0.229 e. The molecule has 0 saturated heterocycles. The Bertz CT molecular complexity index is 1030. The van der Waals surface area contributed by atoms with Crippen LogP contribution in [0.1, 0.15) is 29.6 Å². The first-order chi connectivity index (χ1) is 11.8. The lowest BCUT2D eigenvalue weighted by Crippen LogP contribution is -1.95. The Labute approximate surface area is 152 Å². The Kier molecular flexibility index (Phi) is 3.57. The molecule has 3 aromatic heterocycles. The number of benzene rings is 1. The molecule has 0 saturated carbocycles. The summed E-state index contributed by atoms with van der Waals surface area (Å²) in [5.74, 6) is 0.936. The summed E-state index contributed by atoms with van der Waals surface area (Å²) in [5.41, 5.74) is 2.56. The zero-order chi connectivity index (χ0) is 16.1. The second-order valence-electron chi connectivity index (χ2n) is 5.89.